The number of aryl methyl sites for hydroxylation is 1. The molecule has 0 spiro atoms. The van der Waals surface area contributed by atoms with Gasteiger partial charge in [-0.25, -0.2) is 0 Å². The molecule has 0 aliphatic rings. The summed E-state index contributed by atoms with van der Waals surface area (Å²) in [4.78, 5) is 0. The van der Waals surface area contributed by atoms with Crippen molar-refractivity contribution in [3.8, 4) is 6.07 Å². The molecule has 0 saturated heterocycles. The van der Waals surface area contributed by atoms with Crippen LogP contribution in [-0.4, -0.2) is 0 Å². The highest BCUT2D eigenvalue weighted by Crippen LogP contribution is 2.26. The molecule has 2 aromatic rings. The Morgan fingerprint density at radius 3 is 2.92 bits per heavy atom. The number of fused-ring (bicyclic) bond motifs is 1. The Kier molecular flexibility index (Phi) is 1.60. The first-order chi connectivity index (χ1) is 5.83. The number of thiophene rings is 1. The van der Waals surface area contributed by atoms with Crippen LogP contribution in [0.25, 0.3) is 10.1 Å². The van der Waals surface area contributed by atoms with Gasteiger partial charge < -0.3 is 0 Å². The predicted molar refractivity (Wildman–Crippen MR) is 51.3 cm³/mol. The van der Waals surface area contributed by atoms with Gasteiger partial charge in [-0.2, -0.15) is 5.26 Å². The standard InChI is InChI=1S/C10H7NS/c1-7-2-3-8(6-11)9-4-5-12-10(7)9/h2-5H,1H3. The van der Waals surface area contributed by atoms with Crippen molar-refractivity contribution in [2.75, 3.05) is 0 Å². The first kappa shape index (κ1) is 7.33. The van der Waals surface area contributed by atoms with Crippen LogP contribution in [0.2, 0.25) is 0 Å². The van der Waals surface area contributed by atoms with Crippen LogP contribution < -0.4 is 0 Å². The van der Waals surface area contributed by atoms with Crippen LogP contribution in [0.4, 0.5) is 0 Å². The van der Waals surface area contributed by atoms with Gasteiger partial charge >= 0.3 is 0 Å². The minimum absolute atomic E-state index is 0.775. The maximum Gasteiger partial charge on any atom is 0.0998 e. The average Bonchev–Trinajstić information content (AvgIpc) is 2.54. The van der Waals surface area contributed by atoms with Crippen LogP contribution in [0.1, 0.15) is 11.1 Å². The van der Waals surface area contributed by atoms with Crippen molar-refractivity contribution in [2.45, 2.75) is 6.92 Å². The van der Waals surface area contributed by atoms with Gasteiger partial charge in [-0.05, 0) is 30.0 Å². The summed E-state index contributed by atoms with van der Waals surface area (Å²) in [6.07, 6.45) is 0. The van der Waals surface area contributed by atoms with E-state index in [2.05, 4.69) is 13.0 Å². The third-order valence-corrected chi connectivity index (χ3v) is 2.98. The maximum atomic E-state index is 8.80. The summed E-state index contributed by atoms with van der Waals surface area (Å²) in [5.74, 6) is 0. The molecule has 1 aromatic carbocycles. The van der Waals surface area contributed by atoms with Crippen molar-refractivity contribution >= 4 is 21.4 Å². The number of nitriles is 1. The molecule has 2 heteroatoms. The number of hydrogen-bond acceptors (Lipinski definition) is 2. The molecule has 0 radical (unpaired) electrons. The van der Waals surface area contributed by atoms with Gasteiger partial charge in [0.2, 0.25) is 0 Å². The summed E-state index contributed by atoms with van der Waals surface area (Å²) < 4.78 is 1.23. The molecule has 0 unspecified atom stereocenters. The fourth-order valence-electron chi connectivity index (χ4n) is 1.30. The van der Waals surface area contributed by atoms with Gasteiger partial charge in [0, 0.05) is 10.1 Å². The van der Waals surface area contributed by atoms with Crippen LogP contribution in [-0.2, 0) is 0 Å². The first-order valence-electron chi connectivity index (χ1n) is 3.70. The van der Waals surface area contributed by atoms with E-state index in [1.54, 1.807) is 11.3 Å². The fraction of sp³-hybridized carbons (Fsp3) is 0.100. The summed E-state index contributed by atoms with van der Waals surface area (Å²) in [6, 6.07) is 8.07. The monoisotopic (exact) mass is 173 g/mol. The van der Waals surface area contributed by atoms with E-state index in [-0.39, 0.29) is 0 Å². The molecule has 0 bridgehead atoms. The SMILES string of the molecule is Cc1ccc(C#N)c2ccsc12. The van der Waals surface area contributed by atoms with Crippen LogP contribution in [0.15, 0.2) is 23.6 Å². The quantitative estimate of drug-likeness (QED) is 0.600. The smallest absolute Gasteiger partial charge is 0.0998 e. The van der Waals surface area contributed by atoms with Crippen molar-refractivity contribution in [2.24, 2.45) is 0 Å². The van der Waals surface area contributed by atoms with Gasteiger partial charge in [-0.1, -0.05) is 6.07 Å². The lowest BCUT2D eigenvalue weighted by Crippen LogP contribution is -1.77. The Balaban J connectivity index is 2.94. The Hall–Kier alpha value is -1.33. The van der Waals surface area contributed by atoms with Crippen LogP contribution in [0, 0.1) is 18.3 Å². The second-order valence-corrected chi connectivity index (χ2v) is 3.62. The van der Waals surface area contributed by atoms with Crippen LogP contribution in [0.3, 0.4) is 0 Å². The second kappa shape index (κ2) is 2.62. The minimum atomic E-state index is 0.775. The highest BCUT2D eigenvalue weighted by Gasteiger charge is 2.02. The number of nitrogens with zero attached hydrogens (tertiary/aromatic N) is 1. The molecule has 0 N–H and O–H groups in total. The van der Waals surface area contributed by atoms with Crippen molar-refractivity contribution in [3.05, 3.63) is 34.7 Å². The molecule has 1 heterocycles. The molecular weight excluding hydrogens is 166 g/mol. The first-order valence-corrected chi connectivity index (χ1v) is 4.58. The van der Waals surface area contributed by atoms with E-state index in [0.717, 1.165) is 10.9 Å². The highest BCUT2D eigenvalue weighted by atomic mass is 32.1. The van der Waals surface area contributed by atoms with Crippen molar-refractivity contribution < 1.29 is 0 Å². The topological polar surface area (TPSA) is 23.8 Å². The normalized spacial score (nSPS) is 10.0. The van der Waals surface area contributed by atoms with E-state index in [1.807, 2.05) is 23.6 Å². The molecule has 0 amide bonds. The lowest BCUT2D eigenvalue weighted by molar-refractivity contribution is 1.49. The molecule has 0 aliphatic heterocycles. The van der Waals surface area contributed by atoms with Crippen LogP contribution >= 0.6 is 11.3 Å². The third kappa shape index (κ3) is 0.910. The zero-order valence-electron chi connectivity index (χ0n) is 6.66. The van der Waals surface area contributed by atoms with Gasteiger partial charge in [0.1, 0.15) is 0 Å². The van der Waals surface area contributed by atoms with Gasteiger partial charge in [0.25, 0.3) is 0 Å². The Bertz CT molecular complexity index is 462. The molecule has 1 nitrogen and oxygen atoms in total. The summed E-state index contributed by atoms with van der Waals surface area (Å²) in [5, 5.41) is 11.9. The third-order valence-electron chi connectivity index (χ3n) is 1.93. The molecule has 12 heavy (non-hydrogen) atoms. The fourth-order valence-corrected chi connectivity index (χ4v) is 2.20. The van der Waals surface area contributed by atoms with Gasteiger partial charge in [0.05, 0.1) is 11.6 Å². The lowest BCUT2D eigenvalue weighted by atomic mass is 10.1. The maximum absolute atomic E-state index is 8.80. The van der Waals surface area contributed by atoms with Gasteiger partial charge in [-0.15, -0.1) is 11.3 Å². The van der Waals surface area contributed by atoms with Crippen molar-refractivity contribution in [1.82, 2.24) is 0 Å². The van der Waals surface area contributed by atoms with E-state index in [0.29, 0.717) is 0 Å². The summed E-state index contributed by atoms with van der Waals surface area (Å²) in [5.41, 5.74) is 2.02. The molecule has 58 valence electrons. The van der Waals surface area contributed by atoms with E-state index in [4.69, 9.17) is 5.26 Å². The Morgan fingerprint density at radius 2 is 2.17 bits per heavy atom. The molecule has 2 rings (SSSR count). The predicted octanol–water partition coefficient (Wildman–Crippen LogP) is 3.08. The highest BCUT2D eigenvalue weighted by molar-refractivity contribution is 7.17. The molecule has 0 fully saturated rings. The summed E-state index contributed by atoms with van der Waals surface area (Å²) in [6.45, 7) is 2.07. The number of rotatable bonds is 0. The Labute approximate surface area is 74.9 Å². The van der Waals surface area contributed by atoms with Crippen molar-refractivity contribution in [1.29, 1.82) is 5.26 Å². The van der Waals surface area contributed by atoms with Gasteiger partial charge in [0.15, 0.2) is 0 Å². The number of hydrogen-bond donors (Lipinski definition) is 0. The molecular formula is C10H7NS. The van der Waals surface area contributed by atoms with E-state index in [9.17, 15) is 0 Å². The molecule has 0 atom stereocenters. The largest absolute Gasteiger partial charge is 0.192 e. The van der Waals surface area contributed by atoms with E-state index in [1.165, 1.54) is 10.3 Å². The van der Waals surface area contributed by atoms with E-state index >= 15 is 0 Å². The average molecular weight is 173 g/mol. The zero-order chi connectivity index (χ0) is 8.55. The van der Waals surface area contributed by atoms with Crippen molar-refractivity contribution in [3.63, 3.8) is 0 Å². The summed E-state index contributed by atoms with van der Waals surface area (Å²) >= 11 is 1.69. The second-order valence-electron chi connectivity index (χ2n) is 2.71. The minimum Gasteiger partial charge on any atom is -0.192 e. The van der Waals surface area contributed by atoms with Crippen LogP contribution in [0.5, 0.6) is 0 Å². The van der Waals surface area contributed by atoms with Gasteiger partial charge in [-0.3, -0.25) is 0 Å². The zero-order valence-corrected chi connectivity index (χ0v) is 7.48. The molecule has 0 saturated carbocycles. The lowest BCUT2D eigenvalue weighted by Gasteiger charge is -1.95. The van der Waals surface area contributed by atoms with E-state index < -0.39 is 0 Å². The number of benzene rings is 1. The summed E-state index contributed by atoms with van der Waals surface area (Å²) in [7, 11) is 0. The Morgan fingerprint density at radius 1 is 1.33 bits per heavy atom. The molecule has 0 aliphatic carbocycles. The molecule has 1 aromatic heterocycles.